The van der Waals surface area contributed by atoms with Gasteiger partial charge in [-0.15, -0.1) is 0 Å². The first kappa shape index (κ1) is 21.0. The predicted molar refractivity (Wildman–Crippen MR) is 125 cm³/mol. The van der Waals surface area contributed by atoms with Crippen LogP contribution < -0.4 is 14.8 Å². The molecule has 4 rings (SSSR count). The van der Waals surface area contributed by atoms with E-state index in [-0.39, 0.29) is 12.3 Å². The molecular weight excluding hydrogens is 408 g/mol. The number of hydrogen-bond acceptors (Lipinski definition) is 6. The molecule has 5 nitrogen and oxygen atoms in total. The van der Waals surface area contributed by atoms with Crippen LogP contribution in [0.4, 0.5) is 0 Å². The van der Waals surface area contributed by atoms with E-state index < -0.39 is 0 Å². The first-order valence-electron chi connectivity index (χ1n) is 10.2. The van der Waals surface area contributed by atoms with E-state index in [1.54, 1.807) is 30.0 Å². The number of hydrogen-bond donors (Lipinski definition) is 1. The van der Waals surface area contributed by atoms with Gasteiger partial charge in [-0.05, 0) is 29.3 Å². The summed E-state index contributed by atoms with van der Waals surface area (Å²) in [5.74, 6) is 2.11. The molecule has 31 heavy (non-hydrogen) atoms. The maximum absolute atomic E-state index is 12.7. The van der Waals surface area contributed by atoms with Crippen LogP contribution in [-0.2, 0) is 13.2 Å². The molecule has 0 amide bonds. The summed E-state index contributed by atoms with van der Waals surface area (Å²) in [7, 11) is 0. The fourth-order valence-corrected chi connectivity index (χ4v) is 3.82. The van der Waals surface area contributed by atoms with Gasteiger partial charge < -0.3 is 14.8 Å². The second kappa shape index (κ2) is 10.7. The van der Waals surface area contributed by atoms with Crippen molar-refractivity contribution in [3.8, 4) is 11.5 Å². The molecule has 1 aliphatic heterocycles. The average Bonchev–Trinajstić information content (AvgIpc) is 3.35. The molecule has 0 spiro atoms. The van der Waals surface area contributed by atoms with Crippen LogP contribution in [0.3, 0.4) is 0 Å². The molecule has 3 aromatic carbocycles. The third-order valence-corrected chi connectivity index (χ3v) is 5.66. The molecule has 0 bridgehead atoms. The van der Waals surface area contributed by atoms with Crippen molar-refractivity contribution in [2.45, 2.75) is 13.2 Å². The zero-order valence-electron chi connectivity index (χ0n) is 17.1. The zero-order valence-corrected chi connectivity index (χ0v) is 17.9. The van der Waals surface area contributed by atoms with E-state index in [9.17, 15) is 4.79 Å². The zero-order chi connectivity index (χ0) is 21.3. The van der Waals surface area contributed by atoms with Crippen LogP contribution in [0.25, 0.3) is 0 Å². The molecule has 1 aliphatic rings. The van der Waals surface area contributed by atoms with Crippen LogP contribution >= 0.6 is 11.8 Å². The number of nitrogens with one attached hydrogen (secondary N) is 1. The van der Waals surface area contributed by atoms with E-state index in [0.29, 0.717) is 30.3 Å². The monoisotopic (exact) mass is 432 g/mol. The summed E-state index contributed by atoms with van der Waals surface area (Å²) in [6.07, 6.45) is 0. The van der Waals surface area contributed by atoms with E-state index in [1.165, 1.54) is 0 Å². The molecule has 0 aliphatic carbocycles. The first-order valence-corrected chi connectivity index (χ1v) is 11.2. The molecule has 6 heteroatoms. The summed E-state index contributed by atoms with van der Waals surface area (Å²) in [5, 5.41) is 3.94. The Labute approximate surface area is 186 Å². The summed E-state index contributed by atoms with van der Waals surface area (Å²) >= 11 is 1.64. The third kappa shape index (κ3) is 6.12. The van der Waals surface area contributed by atoms with Crippen molar-refractivity contribution in [3.05, 3.63) is 95.6 Å². The van der Waals surface area contributed by atoms with Gasteiger partial charge in [0.25, 0.3) is 0 Å². The quantitative estimate of drug-likeness (QED) is 0.496. The highest BCUT2D eigenvalue weighted by Crippen LogP contribution is 2.30. The van der Waals surface area contributed by atoms with E-state index >= 15 is 0 Å². The Hall–Kier alpha value is -3.25. The maximum atomic E-state index is 12.7. The summed E-state index contributed by atoms with van der Waals surface area (Å²) in [6, 6.07) is 25.2. The van der Waals surface area contributed by atoms with Crippen LogP contribution in [0.5, 0.6) is 11.5 Å². The fraction of sp³-hybridized carbons (Fsp3) is 0.200. The van der Waals surface area contributed by atoms with E-state index in [1.807, 2.05) is 60.7 Å². The van der Waals surface area contributed by atoms with Crippen LogP contribution in [0.2, 0.25) is 0 Å². The normalized spacial score (nSPS) is 12.8. The van der Waals surface area contributed by atoms with Gasteiger partial charge in [0.05, 0.1) is 13.1 Å². The lowest BCUT2D eigenvalue weighted by molar-refractivity contribution is 0.0996. The topological polar surface area (TPSA) is 59.9 Å². The van der Waals surface area contributed by atoms with Crippen molar-refractivity contribution in [2.75, 3.05) is 18.8 Å². The van der Waals surface area contributed by atoms with Crippen LogP contribution in [0.15, 0.2) is 83.9 Å². The van der Waals surface area contributed by atoms with Crippen LogP contribution in [-0.4, -0.2) is 29.8 Å². The lowest BCUT2D eigenvalue weighted by atomic mass is 10.1. The minimum atomic E-state index is -0.0191. The number of carbonyl (C=O) groups excluding carboxylic acids is 1. The van der Waals surface area contributed by atoms with E-state index in [4.69, 9.17) is 9.47 Å². The largest absolute Gasteiger partial charge is 0.485 e. The molecule has 0 atom stereocenters. The molecule has 0 unspecified atom stereocenters. The standard InChI is InChI=1S/C25H24N2O3S/c28-22(16-27-25-26-13-14-31-25)21-11-12-23(29-17-19-7-3-1-4-8-19)24(15-21)30-18-20-9-5-2-6-10-20/h1-12,15H,13-14,16-18H2,(H,26,27). The maximum Gasteiger partial charge on any atom is 0.182 e. The number of ketones is 1. The third-order valence-electron chi connectivity index (χ3n) is 4.73. The molecule has 3 aromatic rings. The number of thioether (sulfide) groups is 1. The molecule has 0 saturated carbocycles. The van der Waals surface area contributed by atoms with Gasteiger partial charge >= 0.3 is 0 Å². The average molecular weight is 433 g/mol. The minimum Gasteiger partial charge on any atom is -0.485 e. The van der Waals surface area contributed by atoms with Crippen molar-refractivity contribution < 1.29 is 14.3 Å². The van der Waals surface area contributed by atoms with Gasteiger partial charge in [0.15, 0.2) is 22.4 Å². The Morgan fingerprint density at radius 2 is 1.52 bits per heavy atom. The van der Waals surface area contributed by atoms with E-state index in [2.05, 4.69) is 10.3 Å². The summed E-state index contributed by atoms with van der Waals surface area (Å²) in [4.78, 5) is 17.0. The molecule has 1 heterocycles. The second-order valence-corrected chi connectivity index (χ2v) is 8.11. The smallest absolute Gasteiger partial charge is 0.182 e. The summed E-state index contributed by atoms with van der Waals surface area (Å²) < 4.78 is 12.1. The highest BCUT2D eigenvalue weighted by atomic mass is 32.2. The predicted octanol–water partition coefficient (Wildman–Crippen LogP) is 4.72. The first-order chi connectivity index (χ1) is 15.3. The Balaban J connectivity index is 1.48. The molecule has 0 radical (unpaired) electrons. The molecule has 0 aromatic heterocycles. The highest BCUT2D eigenvalue weighted by Gasteiger charge is 2.14. The Morgan fingerprint density at radius 3 is 2.13 bits per heavy atom. The SMILES string of the molecule is O=C(CNC1=NCCS1)c1ccc(OCc2ccccc2)c(OCc2ccccc2)c1. The lowest BCUT2D eigenvalue weighted by Gasteiger charge is -2.14. The van der Waals surface area contributed by atoms with Crippen molar-refractivity contribution >= 4 is 22.7 Å². The summed E-state index contributed by atoms with van der Waals surface area (Å²) in [6.45, 7) is 1.82. The number of aliphatic imine (C=N–C) groups is 1. The van der Waals surface area contributed by atoms with E-state index in [0.717, 1.165) is 28.6 Å². The van der Waals surface area contributed by atoms with Crippen molar-refractivity contribution in [1.82, 2.24) is 5.32 Å². The number of amidine groups is 1. The lowest BCUT2D eigenvalue weighted by Crippen LogP contribution is -2.26. The Bertz CT molecular complexity index is 1040. The highest BCUT2D eigenvalue weighted by molar-refractivity contribution is 8.14. The number of nitrogens with zero attached hydrogens (tertiary/aromatic N) is 1. The van der Waals surface area contributed by atoms with Crippen molar-refractivity contribution in [1.29, 1.82) is 0 Å². The van der Waals surface area contributed by atoms with Gasteiger partial charge in [-0.1, -0.05) is 72.4 Å². The molecular formula is C25H24N2O3S. The van der Waals surface area contributed by atoms with Gasteiger partial charge in [-0.2, -0.15) is 0 Å². The van der Waals surface area contributed by atoms with Gasteiger partial charge in [-0.25, -0.2) is 0 Å². The Kier molecular flexibility index (Phi) is 7.24. The van der Waals surface area contributed by atoms with Crippen molar-refractivity contribution in [2.24, 2.45) is 4.99 Å². The molecule has 0 saturated heterocycles. The Morgan fingerprint density at radius 1 is 0.871 bits per heavy atom. The van der Waals surface area contributed by atoms with Crippen LogP contribution in [0, 0.1) is 0 Å². The number of rotatable bonds is 9. The van der Waals surface area contributed by atoms with Gasteiger partial charge in [0.2, 0.25) is 0 Å². The number of benzene rings is 3. The van der Waals surface area contributed by atoms with Crippen molar-refractivity contribution in [3.63, 3.8) is 0 Å². The number of ether oxygens (including phenoxy) is 2. The van der Waals surface area contributed by atoms with Gasteiger partial charge in [0.1, 0.15) is 13.2 Å². The molecule has 158 valence electrons. The van der Waals surface area contributed by atoms with Crippen LogP contribution in [0.1, 0.15) is 21.5 Å². The number of carbonyl (C=O) groups is 1. The second-order valence-electron chi connectivity index (χ2n) is 7.02. The number of Topliss-reactive ketones (excluding diaryl/α,β-unsaturated/α-hetero) is 1. The minimum absolute atomic E-state index is 0.0191. The fourth-order valence-electron chi connectivity index (χ4n) is 3.08. The molecule has 0 fully saturated rings. The summed E-state index contributed by atoms with van der Waals surface area (Å²) in [5.41, 5.74) is 2.69. The molecule has 1 N–H and O–H groups in total. The van der Waals surface area contributed by atoms with Gasteiger partial charge in [0, 0.05) is 11.3 Å². The van der Waals surface area contributed by atoms with Gasteiger partial charge in [-0.3, -0.25) is 9.79 Å².